The summed E-state index contributed by atoms with van der Waals surface area (Å²) in [4.78, 5) is 4.57. The van der Waals surface area contributed by atoms with Gasteiger partial charge in [-0.05, 0) is 31.0 Å². The van der Waals surface area contributed by atoms with Crippen LogP contribution in [0.1, 0.15) is 50.3 Å². The first-order chi connectivity index (χ1) is 10.3. The van der Waals surface area contributed by atoms with Crippen molar-refractivity contribution < 1.29 is 9.26 Å². The van der Waals surface area contributed by atoms with E-state index in [1.807, 2.05) is 18.2 Å². The van der Waals surface area contributed by atoms with Crippen LogP contribution < -0.4 is 10.5 Å². The monoisotopic (exact) mass is 287 g/mol. The van der Waals surface area contributed by atoms with E-state index in [0.717, 1.165) is 24.2 Å². The zero-order chi connectivity index (χ0) is 14.7. The maximum atomic E-state index is 5.92. The Morgan fingerprint density at radius 1 is 1.19 bits per heavy atom. The fraction of sp³-hybridized carbons (Fsp3) is 0.500. The van der Waals surface area contributed by atoms with Crippen LogP contribution >= 0.6 is 0 Å². The van der Waals surface area contributed by atoms with E-state index < -0.39 is 0 Å². The van der Waals surface area contributed by atoms with Crippen molar-refractivity contribution in [1.29, 1.82) is 0 Å². The third-order valence-electron chi connectivity index (χ3n) is 4.14. The molecule has 21 heavy (non-hydrogen) atoms. The standard InChI is InChI=1S/C16H21N3O2/c1-20-14-9-8-12(10-13(14)17)16-18-15(19-21-16)11-6-4-2-3-5-7-11/h8-11H,2-7,17H2,1H3. The molecule has 0 aliphatic heterocycles. The summed E-state index contributed by atoms with van der Waals surface area (Å²) in [5, 5.41) is 4.17. The van der Waals surface area contributed by atoms with Crippen LogP contribution in [0.5, 0.6) is 5.75 Å². The molecule has 0 saturated heterocycles. The summed E-state index contributed by atoms with van der Waals surface area (Å²) in [5.74, 6) is 2.45. The average Bonchev–Trinajstić information content (AvgIpc) is 2.83. The molecule has 0 spiro atoms. The van der Waals surface area contributed by atoms with Gasteiger partial charge in [0.05, 0.1) is 12.8 Å². The van der Waals surface area contributed by atoms with Crippen molar-refractivity contribution in [3.63, 3.8) is 0 Å². The third-order valence-corrected chi connectivity index (χ3v) is 4.14. The maximum absolute atomic E-state index is 5.92. The molecule has 1 aliphatic rings. The van der Waals surface area contributed by atoms with Gasteiger partial charge in [-0.1, -0.05) is 30.8 Å². The summed E-state index contributed by atoms with van der Waals surface area (Å²) in [6.45, 7) is 0. The number of nitrogens with two attached hydrogens (primary N) is 1. The Balaban J connectivity index is 1.82. The van der Waals surface area contributed by atoms with Crippen LogP contribution in [0.15, 0.2) is 22.7 Å². The molecule has 5 nitrogen and oxygen atoms in total. The highest BCUT2D eigenvalue weighted by Gasteiger charge is 2.20. The lowest BCUT2D eigenvalue weighted by atomic mass is 10.00. The topological polar surface area (TPSA) is 74.2 Å². The maximum Gasteiger partial charge on any atom is 0.258 e. The van der Waals surface area contributed by atoms with Crippen molar-refractivity contribution >= 4 is 5.69 Å². The van der Waals surface area contributed by atoms with Crippen molar-refractivity contribution in [3.8, 4) is 17.2 Å². The molecule has 1 aromatic heterocycles. The van der Waals surface area contributed by atoms with E-state index in [1.165, 1.54) is 25.7 Å². The predicted molar refractivity (Wildman–Crippen MR) is 81.1 cm³/mol. The number of rotatable bonds is 3. The van der Waals surface area contributed by atoms with Gasteiger partial charge in [0, 0.05) is 11.5 Å². The Kier molecular flexibility index (Phi) is 4.08. The lowest BCUT2D eigenvalue weighted by molar-refractivity contribution is 0.409. The van der Waals surface area contributed by atoms with Crippen LogP contribution in [-0.2, 0) is 0 Å². The zero-order valence-corrected chi connectivity index (χ0v) is 12.3. The normalized spacial score (nSPS) is 16.6. The molecule has 3 rings (SSSR count). The molecule has 0 atom stereocenters. The van der Waals surface area contributed by atoms with Crippen LogP contribution in [0.3, 0.4) is 0 Å². The first kappa shape index (κ1) is 13.9. The minimum Gasteiger partial charge on any atom is -0.495 e. The number of hydrogen-bond donors (Lipinski definition) is 1. The quantitative estimate of drug-likeness (QED) is 0.687. The molecule has 0 amide bonds. The van der Waals surface area contributed by atoms with Crippen molar-refractivity contribution in [3.05, 3.63) is 24.0 Å². The lowest BCUT2D eigenvalue weighted by Gasteiger charge is -2.07. The van der Waals surface area contributed by atoms with Crippen LogP contribution in [0.2, 0.25) is 0 Å². The van der Waals surface area contributed by atoms with Gasteiger partial charge in [-0.2, -0.15) is 4.98 Å². The van der Waals surface area contributed by atoms with Crippen molar-refractivity contribution in [1.82, 2.24) is 10.1 Å². The van der Waals surface area contributed by atoms with Gasteiger partial charge in [0.15, 0.2) is 5.82 Å². The van der Waals surface area contributed by atoms with Crippen LogP contribution in [0.4, 0.5) is 5.69 Å². The van der Waals surface area contributed by atoms with Gasteiger partial charge in [0.1, 0.15) is 5.75 Å². The van der Waals surface area contributed by atoms with E-state index in [-0.39, 0.29) is 0 Å². The smallest absolute Gasteiger partial charge is 0.258 e. The molecular weight excluding hydrogens is 266 g/mol. The molecule has 0 radical (unpaired) electrons. The van der Waals surface area contributed by atoms with E-state index >= 15 is 0 Å². The van der Waals surface area contributed by atoms with E-state index in [1.54, 1.807) is 7.11 Å². The highest BCUT2D eigenvalue weighted by Crippen LogP contribution is 2.32. The van der Waals surface area contributed by atoms with Gasteiger partial charge < -0.3 is 15.0 Å². The van der Waals surface area contributed by atoms with E-state index in [2.05, 4.69) is 10.1 Å². The molecule has 1 saturated carbocycles. The molecule has 2 aromatic rings. The second-order valence-electron chi connectivity index (χ2n) is 5.60. The number of hydrogen-bond acceptors (Lipinski definition) is 5. The van der Waals surface area contributed by atoms with Crippen molar-refractivity contribution in [2.45, 2.75) is 44.4 Å². The Hall–Kier alpha value is -2.04. The summed E-state index contributed by atoms with van der Waals surface area (Å²) in [6.07, 6.45) is 7.45. The fourth-order valence-corrected chi connectivity index (χ4v) is 2.92. The van der Waals surface area contributed by atoms with Gasteiger partial charge in [0.2, 0.25) is 0 Å². The SMILES string of the molecule is COc1ccc(-c2nc(C3CCCCCC3)no2)cc1N. The second kappa shape index (κ2) is 6.16. The third kappa shape index (κ3) is 3.01. The number of nitrogens with zero attached hydrogens (tertiary/aromatic N) is 2. The molecule has 1 heterocycles. The number of anilines is 1. The first-order valence-corrected chi connectivity index (χ1v) is 7.55. The number of ether oxygens (including phenoxy) is 1. The van der Waals surface area contributed by atoms with Gasteiger partial charge in [-0.25, -0.2) is 0 Å². The first-order valence-electron chi connectivity index (χ1n) is 7.55. The highest BCUT2D eigenvalue weighted by atomic mass is 16.5. The molecule has 1 aromatic carbocycles. The van der Waals surface area contributed by atoms with Crippen molar-refractivity contribution in [2.75, 3.05) is 12.8 Å². The number of nitrogen functional groups attached to an aromatic ring is 1. The van der Waals surface area contributed by atoms with Crippen molar-refractivity contribution in [2.24, 2.45) is 0 Å². The summed E-state index contributed by atoms with van der Waals surface area (Å²) < 4.78 is 10.6. The predicted octanol–water partition coefficient (Wildman–Crippen LogP) is 3.77. The minimum absolute atomic E-state index is 0.431. The summed E-state index contributed by atoms with van der Waals surface area (Å²) in [7, 11) is 1.60. The number of benzene rings is 1. The molecule has 1 fully saturated rings. The van der Waals surface area contributed by atoms with Gasteiger partial charge in [-0.15, -0.1) is 0 Å². The van der Waals surface area contributed by atoms with Crippen LogP contribution in [-0.4, -0.2) is 17.3 Å². The summed E-state index contributed by atoms with van der Waals surface area (Å²) in [5.41, 5.74) is 7.33. The molecule has 1 aliphatic carbocycles. The molecule has 112 valence electrons. The minimum atomic E-state index is 0.431. The van der Waals surface area contributed by atoms with E-state index in [4.69, 9.17) is 15.0 Å². The van der Waals surface area contributed by atoms with E-state index in [0.29, 0.717) is 23.2 Å². The largest absolute Gasteiger partial charge is 0.495 e. The molecule has 5 heteroatoms. The lowest BCUT2D eigenvalue weighted by Crippen LogP contribution is -1.99. The Labute approximate surface area is 124 Å². The second-order valence-corrected chi connectivity index (χ2v) is 5.60. The fourth-order valence-electron chi connectivity index (χ4n) is 2.92. The number of aromatic nitrogens is 2. The molecule has 0 unspecified atom stereocenters. The van der Waals surface area contributed by atoms with Gasteiger partial charge in [-0.3, -0.25) is 0 Å². The molecule has 2 N–H and O–H groups in total. The van der Waals surface area contributed by atoms with E-state index in [9.17, 15) is 0 Å². The number of methoxy groups -OCH3 is 1. The Morgan fingerprint density at radius 3 is 2.62 bits per heavy atom. The van der Waals surface area contributed by atoms with Crippen LogP contribution in [0.25, 0.3) is 11.5 Å². The average molecular weight is 287 g/mol. The van der Waals surface area contributed by atoms with Gasteiger partial charge in [0.25, 0.3) is 5.89 Å². The molecular formula is C16H21N3O2. The van der Waals surface area contributed by atoms with Crippen LogP contribution in [0, 0.1) is 0 Å². The summed E-state index contributed by atoms with van der Waals surface area (Å²) >= 11 is 0. The zero-order valence-electron chi connectivity index (χ0n) is 12.3. The Morgan fingerprint density at radius 2 is 1.95 bits per heavy atom. The summed E-state index contributed by atoms with van der Waals surface area (Å²) in [6, 6.07) is 5.52. The van der Waals surface area contributed by atoms with Gasteiger partial charge >= 0.3 is 0 Å². The Bertz CT molecular complexity index is 601. The highest BCUT2D eigenvalue weighted by molar-refractivity contribution is 5.65. The molecule has 0 bridgehead atoms.